The molecular formula is C20H36F3NO6. The van der Waals surface area contributed by atoms with Crippen LogP contribution < -0.4 is 5.73 Å². The SMILES string of the molecule is CCCCCCCCC[C@@H]1OC[C@H](C)[C@@H](OC)[C@@H]1OC(=O)CN.O=C(O)C(F)(F)F. The van der Waals surface area contributed by atoms with Crippen LogP contribution in [0.3, 0.4) is 0 Å². The number of hydrogen-bond acceptors (Lipinski definition) is 6. The number of carboxylic acids is 1. The molecule has 1 aliphatic rings. The molecule has 0 radical (unpaired) electrons. The van der Waals surface area contributed by atoms with Crippen LogP contribution >= 0.6 is 0 Å². The third-order valence-corrected chi connectivity index (χ3v) is 4.87. The van der Waals surface area contributed by atoms with Crippen LogP contribution in [0.4, 0.5) is 13.2 Å². The lowest BCUT2D eigenvalue weighted by atomic mass is 9.90. The molecule has 0 bridgehead atoms. The van der Waals surface area contributed by atoms with Gasteiger partial charge >= 0.3 is 18.1 Å². The summed E-state index contributed by atoms with van der Waals surface area (Å²) in [6.07, 6.45) is 4.09. The van der Waals surface area contributed by atoms with E-state index in [0.29, 0.717) is 6.61 Å². The number of ether oxygens (including phenoxy) is 3. The Morgan fingerprint density at radius 1 is 1.10 bits per heavy atom. The molecule has 0 aromatic heterocycles. The molecule has 0 aromatic rings. The summed E-state index contributed by atoms with van der Waals surface area (Å²) in [5.74, 6) is -2.94. The molecule has 30 heavy (non-hydrogen) atoms. The molecule has 0 spiro atoms. The summed E-state index contributed by atoms with van der Waals surface area (Å²) in [6.45, 7) is 4.83. The molecule has 0 unspecified atom stereocenters. The maximum atomic E-state index is 11.6. The van der Waals surface area contributed by atoms with E-state index in [-0.39, 0.29) is 36.7 Å². The van der Waals surface area contributed by atoms with Crippen LogP contribution in [0.25, 0.3) is 0 Å². The molecule has 1 saturated heterocycles. The van der Waals surface area contributed by atoms with E-state index in [2.05, 4.69) is 13.8 Å². The van der Waals surface area contributed by atoms with E-state index < -0.39 is 12.1 Å². The number of methoxy groups -OCH3 is 1. The highest BCUT2D eigenvalue weighted by Crippen LogP contribution is 2.28. The predicted octanol–water partition coefficient (Wildman–Crippen LogP) is 3.68. The molecule has 0 aromatic carbocycles. The van der Waals surface area contributed by atoms with E-state index in [1.54, 1.807) is 7.11 Å². The fraction of sp³-hybridized carbons (Fsp3) is 0.900. The molecule has 1 fully saturated rings. The molecule has 1 heterocycles. The number of aliphatic carboxylic acids is 1. The first kappa shape index (κ1) is 28.6. The Morgan fingerprint density at radius 3 is 2.10 bits per heavy atom. The number of nitrogens with two attached hydrogens (primary N) is 1. The van der Waals surface area contributed by atoms with Crippen LogP contribution in [0, 0.1) is 5.92 Å². The molecular weight excluding hydrogens is 407 g/mol. The summed E-state index contributed by atoms with van der Waals surface area (Å²) < 4.78 is 48.8. The van der Waals surface area contributed by atoms with Crippen LogP contribution in [0.1, 0.15) is 65.2 Å². The summed E-state index contributed by atoms with van der Waals surface area (Å²) in [7, 11) is 1.67. The maximum absolute atomic E-state index is 11.6. The Bertz CT molecular complexity index is 490. The van der Waals surface area contributed by atoms with Crippen LogP contribution in [-0.4, -0.2) is 61.8 Å². The molecule has 0 amide bonds. The first-order chi connectivity index (χ1) is 14.1. The number of rotatable bonds is 11. The zero-order chi connectivity index (χ0) is 23.2. The minimum atomic E-state index is -5.08. The Kier molecular flexibility index (Phi) is 14.7. The number of carbonyl (C=O) groups is 2. The predicted molar refractivity (Wildman–Crippen MR) is 105 cm³/mol. The second kappa shape index (κ2) is 15.4. The topological polar surface area (TPSA) is 108 Å². The molecule has 0 saturated carbocycles. The van der Waals surface area contributed by atoms with Crippen molar-refractivity contribution in [2.45, 2.75) is 89.7 Å². The number of hydrogen-bond donors (Lipinski definition) is 2. The molecule has 1 rings (SSSR count). The van der Waals surface area contributed by atoms with Crippen molar-refractivity contribution in [2.24, 2.45) is 11.7 Å². The molecule has 3 N–H and O–H groups in total. The van der Waals surface area contributed by atoms with Crippen LogP contribution in [0.15, 0.2) is 0 Å². The standard InChI is InChI=1S/C18H35NO4.C2HF3O2/c1-4-5-6-7-8-9-10-11-15-18(23-16(20)12-19)17(21-3)14(2)13-22-15;3-2(4,5)1(6)7/h14-15,17-18H,4-13,19H2,1-3H3;(H,6,7)/t14-,15-,17+,18+;/m0./s1. The minimum Gasteiger partial charge on any atom is -0.475 e. The number of unbranched alkanes of at least 4 members (excludes halogenated alkanes) is 6. The lowest BCUT2D eigenvalue weighted by Crippen LogP contribution is -2.52. The van der Waals surface area contributed by atoms with Crippen molar-refractivity contribution < 1.29 is 42.1 Å². The third-order valence-electron chi connectivity index (χ3n) is 4.87. The van der Waals surface area contributed by atoms with E-state index in [4.69, 9.17) is 29.8 Å². The highest BCUT2D eigenvalue weighted by molar-refractivity contribution is 5.73. The average molecular weight is 444 g/mol. The maximum Gasteiger partial charge on any atom is 0.490 e. The van der Waals surface area contributed by atoms with Gasteiger partial charge in [-0.05, 0) is 6.42 Å². The van der Waals surface area contributed by atoms with Crippen molar-refractivity contribution in [3.8, 4) is 0 Å². The number of halogens is 3. The van der Waals surface area contributed by atoms with Crippen LogP contribution in [0.2, 0.25) is 0 Å². The Hall–Kier alpha value is -1.39. The second-order valence-corrected chi connectivity index (χ2v) is 7.42. The first-order valence-corrected chi connectivity index (χ1v) is 10.4. The fourth-order valence-corrected chi connectivity index (χ4v) is 3.26. The van der Waals surface area contributed by atoms with Gasteiger partial charge < -0.3 is 25.1 Å². The van der Waals surface area contributed by atoms with E-state index in [9.17, 15) is 18.0 Å². The molecule has 0 aliphatic carbocycles. The van der Waals surface area contributed by atoms with E-state index in [0.717, 1.165) is 12.8 Å². The Balaban J connectivity index is 0.00000103. The van der Waals surface area contributed by atoms with Gasteiger partial charge in [0.1, 0.15) is 6.10 Å². The van der Waals surface area contributed by atoms with Gasteiger partial charge in [-0.3, -0.25) is 4.79 Å². The summed E-state index contributed by atoms with van der Waals surface area (Å²) >= 11 is 0. The van der Waals surface area contributed by atoms with Gasteiger partial charge in [0.15, 0.2) is 6.10 Å². The lowest BCUT2D eigenvalue weighted by molar-refractivity contribution is -0.199. The molecule has 1 aliphatic heterocycles. The van der Waals surface area contributed by atoms with Crippen LogP contribution in [-0.2, 0) is 23.8 Å². The van der Waals surface area contributed by atoms with E-state index in [1.165, 1.54) is 38.5 Å². The number of alkyl halides is 3. The monoisotopic (exact) mass is 443 g/mol. The van der Waals surface area contributed by atoms with Gasteiger partial charge in [0.25, 0.3) is 0 Å². The van der Waals surface area contributed by atoms with Gasteiger partial charge in [0.05, 0.1) is 19.3 Å². The average Bonchev–Trinajstić information content (AvgIpc) is 2.68. The van der Waals surface area contributed by atoms with Crippen LogP contribution in [0.5, 0.6) is 0 Å². The first-order valence-electron chi connectivity index (χ1n) is 10.4. The Morgan fingerprint density at radius 2 is 1.63 bits per heavy atom. The van der Waals surface area contributed by atoms with Gasteiger partial charge in [-0.1, -0.05) is 58.8 Å². The Labute approximate surface area is 176 Å². The van der Waals surface area contributed by atoms with E-state index in [1.807, 2.05) is 0 Å². The summed E-state index contributed by atoms with van der Waals surface area (Å²) in [5, 5.41) is 7.12. The minimum absolute atomic E-state index is 0.0812. The van der Waals surface area contributed by atoms with Gasteiger partial charge in [-0.25, -0.2) is 4.79 Å². The summed E-state index contributed by atoms with van der Waals surface area (Å²) in [6, 6.07) is 0. The van der Waals surface area contributed by atoms with Crippen molar-refractivity contribution in [3.05, 3.63) is 0 Å². The molecule has 178 valence electrons. The van der Waals surface area contributed by atoms with E-state index >= 15 is 0 Å². The number of carbonyl (C=O) groups excluding carboxylic acids is 1. The zero-order valence-corrected chi connectivity index (χ0v) is 18.1. The molecule has 7 nitrogen and oxygen atoms in total. The van der Waals surface area contributed by atoms with Gasteiger partial charge in [0.2, 0.25) is 0 Å². The number of carboxylic acid groups (broad SMARTS) is 1. The highest BCUT2D eigenvalue weighted by atomic mass is 19.4. The zero-order valence-electron chi connectivity index (χ0n) is 18.1. The third kappa shape index (κ3) is 11.7. The van der Waals surface area contributed by atoms with Crippen molar-refractivity contribution in [3.63, 3.8) is 0 Å². The highest BCUT2D eigenvalue weighted by Gasteiger charge is 2.41. The number of esters is 1. The summed E-state index contributed by atoms with van der Waals surface area (Å²) in [4.78, 5) is 20.5. The quantitative estimate of drug-likeness (QED) is 0.370. The van der Waals surface area contributed by atoms with Gasteiger partial charge in [-0.2, -0.15) is 13.2 Å². The van der Waals surface area contributed by atoms with Crippen molar-refractivity contribution >= 4 is 11.9 Å². The lowest BCUT2D eigenvalue weighted by Gasteiger charge is -2.40. The molecule has 10 heteroatoms. The smallest absolute Gasteiger partial charge is 0.475 e. The van der Waals surface area contributed by atoms with Crippen molar-refractivity contribution in [1.29, 1.82) is 0 Å². The normalized spacial score (nSPS) is 24.0. The van der Waals surface area contributed by atoms with Crippen molar-refractivity contribution in [2.75, 3.05) is 20.3 Å². The molecule has 4 atom stereocenters. The second-order valence-electron chi connectivity index (χ2n) is 7.42. The van der Waals surface area contributed by atoms with Gasteiger partial charge in [-0.15, -0.1) is 0 Å². The summed E-state index contributed by atoms with van der Waals surface area (Å²) in [5.41, 5.74) is 5.38. The van der Waals surface area contributed by atoms with Gasteiger partial charge in [0, 0.05) is 13.0 Å². The van der Waals surface area contributed by atoms with Crippen molar-refractivity contribution in [1.82, 2.24) is 0 Å². The largest absolute Gasteiger partial charge is 0.490 e. The fourth-order valence-electron chi connectivity index (χ4n) is 3.26.